The number of non-ortho nitro benzene ring substituents is 1. The van der Waals surface area contributed by atoms with Crippen molar-refractivity contribution >= 4 is 22.8 Å². The molecule has 2 aromatic heterocycles. The van der Waals surface area contributed by atoms with Gasteiger partial charge < -0.3 is 14.7 Å². The normalized spacial score (nSPS) is 10.8. The number of aromatic nitrogens is 3. The Hall–Kier alpha value is -2.90. The highest BCUT2D eigenvalue weighted by atomic mass is 16.6. The van der Waals surface area contributed by atoms with Gasteiger partial charge in [-0.15, -0.1) is 0 Å². The van der Waals surface area contributed by atoms with Gasteiger partial charge in [-0.05, 0) is 6.07 Å². The third kappa shape index (κ3) is 2.44. The molecule has 2 N–H and O–H groups in total. The molecule has 8 heteroatoms. The molecule has 0 aliphatic rings. The topological polar surface area (TPSA) is 110 Å². The number of oxazole rings is 1. The molecule has 0 aliphatic carbocycles. The van der Waals surface area contributed by atoms with Crippen molar-refractivity contribution in [1.82, 2.24) is 15.0 Å². The second kappa shape index (κ2) is 5.00. The fraction of sp³-hybridized carbons (Fsp3) is 0.167. The number of benzene rings is 1. The monoisotopic (exact) mass is 273 g/mol. The van der Waals surface area contributed by atoms with Gasteiger partial charge in [-0.2, -0.15) is 4.98 Å². The summed E-state index contributed by atoms with van der Waals surface area (Å²) in [5.74, 6) is 0.865. The summed E-state index contributed by atoms with van der Waals surface area (Å²) in [5, 5.41) is 13.7. The lowest BCUT2D eigenvalue weighted by molar-refractivity contribution is -0.384. The van der Waals surface area contributed by atoms with Crippen LogP contribution in [0.3, 0.4) is 0 Å². The van der Waals surface area contributed by atoms with Gasteiger partial charge in [-0.3, -0.25) is 10.1 Å². The van der Waals surface area contributed by atoms with E-state index >= 15 is 0 Å². The van der Waals surface area contributed by atoms with Crippen LogP contribution in [0.15, 0.2) is 35.0 Å². The zero-order valence-corrected chi connectivity index (χ0v) is 10.4. The molecule has 0 spiro atoms. The maximum Gasteiger partial charge on any atom is 0.295 e. The van der Waals surface area contributed by atoms with Crippen molar-refractivity contribution in [3.05, 3.63) is 46.5 Å². The van der Waals surface area contributed by atoms with Crippen LogP contribution in [0.4, 0.5) is 11.7 Å². The highest BCUT2D eigenvalue weighted by Crippen LogP contribution is 2.23. The van der Waals surface area contributed by atoms with Gasteiger partial charge in [0, 0.05) is 31.4 Å². The summed E-state index contributed by atoms with van der Waals surface area (Å²) in [5.41, 5.74) is 0.951. The van der Waals surface area contributed by atoms with Crippen LogP contribution < -0.4 is 5.32 Å². The van der Waals surface area contributed by atoms with Crippen LogP contribution in [-0.2, 0) is 6.42 Å². The zero-order chi connectivity index (χ0) is 13.9. The fourth-order valence-corrected chi connectivity index (χ4v) is 1.83. The molecule has 102 valence electrons. The molecule has 0 radical (unpaired) electrons. The van der Waals surface area contributed by atoms with Gasteiger partial charge in [0.05, 0.1) is 11.0 Å². The van der Waals surface area contributed by atoms with Gasteiger partial charge in [-0.1, -0.05) is 0 Å². The Morgan fingerprint density at radius 2 is 2.35 bits per heavy atom. The first-order valence-electron chi connectivity index (χ1n) is 5.99. The molecule has 3 aromatic rings. The van der Waals surface area contributed by atoms with Gasteiger partial charge in [0.15, 0.2) is 5.58 Å². The van der Waals surface area contributed by atoms with Crippen molar-refractivity contribution in [2.45, 2.75) is 6.42 Å². The van der Waals surface area contributed by atoms with Gasteiger partial charge in [-0.25, -0.2) is 4.98 Å². The fourth-order valence-electron chi connectivity index (χ4n) is 1.83. The smallest absolute Gasteiger partial charge is 0.295 e. The summed E-state index contributed by atoms with van der Waals surface area (Å²) in [6.45, 7) is 0.600. The van der Waals surface area contributed by atoms with Crippen LogP contribution in [0.2, 0.25) is 0 Å². The molecule has 0 saturated heterocycles. The number of nitro benzene ring substituents is 1. The molecule has 0 fully saturated rings. The number of nitrogens with one attached hydrogen (secondary N) is 2. The number of hydrogen-bond acceptors (Lipinski definition) is 6. The standard InChI is InChI=1S/C12H11N5O3/c18-17(19)8-1-2-9-10(7-8)20-12(16-9)15-4-3-11-13-5-6-14-11/h1-2,5-7H,3-4H2,(H,13,14)(H,15,16). The summed E-state index contributed by atoms with van der Waals surface area (Å²) >= 11 is 0. The summed E-state index contributed by atoms with van der Waals surface area (Å²) in [4.78, 5) is 21.5. The molecule has 1 aromatic carbocycles. The minimum Gasteiger partial charge on any atom is -0.423 e. The van der Waals surface area contributed by atoms with E-state index in [9.17, 15) is 10.1 Å². The van der Waals surface area contributed by atoms with E-state index < -0.39 is 4.92 Å². The van der Waals surface area contributed by atoms with Gasteiger partial charge in [0.2, 0.25) is 0 Å². The lowest BCUT2D eigenvalue weighted by atomic mass is 10.3. The quantitative estimate of drug-likeness (QED) is 0.544. The number of nitrogens with zero attached hydrogens (tertiary/aromatic N) is 3. The van der Waals surface area contributed by atoms with Crippen molar-refractivity contribution in [2.75, 3.05) is 11.9 Å². The number of hydrogen-bond donors (Lipinski definition) is 2. The highest BCUT2D eigenvalue weighted by Gasteiger charge is 2.11. The highest BCUT2D eigenvalue weighted by molar-refractivity contribution is 5.77. The Labute approximate surface area is 113 Å². The Bertz CT molecular complexity index is 735. The Kier molecular flexibility index (Phi) is 3.04. The molecule has 20 heavy (non-hydrogen) atoms. The Morgan fingerprint density at radius 1 is 1.45 bits per heavy atom. The van der Waals surface area contributed by atoms with E-state index in [4.69, 9.17) is 4.42 Å². The summed E-state index contributed by atoms with van der Waals surface area (Å²) < 4.78 is 5.42. The number of aromatic amines is 1. The minimum absolute atomic E-state index is 0.0178. The van der Waals surface area contributed by atoms with Gasteiger partial charge >= 0.3 is 0 Å². The summed E-state index contributed by atoms with van der Waals surface area (Å²) in [6, 6.07) is 4.67. The molecular weight excluding hydrogens is 262 g/mol. The lowest BCUT2D eigenvalue weighted by Crippen LogP contribution is -2.05. The molecule has 0 unspecified atom stereocenters. The molecule has 2 heterocycles. The second-order valence-corrected chi connectivity index (χ2v) is 4.14. The average molecular weight is 273 g/mol. The van der Waals surface area contributed by atoms with Crippen LogP contribution in [0.5, 0.6) is 0 Å². The number of fused-ring (bicyclic) bond motifs is 1. The lowest BCUT2D eigenvalue weighted by Gasteiger charge is -1.98. The van der Waals surface area contributed by atoms with Gasteiger partial charge in [0.1, 0.15) is 11.3 Å². The van der Waals surface area contributed by atoms with Crippen molar-refractivity contribution in [1.29, 1.82) is 0 Å². The predicted molar refractivity (Wildman–Crippen MR) is 71.4 cm³/mol. The van der Waals surface area contributed by atoms with Crippen LogP contribution in [0.25, 0.3) is 11.1 Å². The van der Waals surface area contributed by atoms with E-state index in [0.717, 1.165) is 5.82 Å². The van der Waals surface area contributed by atoms with Crippen molar-refractivity contribution in [2.24, 2.45) is 0 Å². The minimum atomic E-state index is -0.466. The first-order valence-corrected chi connectivity index (χ1v) is 5.99. The molecule has 0 bridgehead atoms. The summed E-state index contributed by atoms with van der Waals surface area (Å²) in [6.07, 6.45) is 4.15. The maximum atomic E-state index is 10.7. The number of nitro groups is 1. The van der Waals surface area contributed by atoms with E-state index in [1.165, 1.54) is 12.1 Å². The average Bonchev–Trinajstić information content (AvgIpc) is 3.06. The van der Waals surface area contributed by atoms with E-state index in [2.05, 4.69) is 20.3 Å². The molecule has 0 saturated carbocycles. The van der Waals surface area contributed by atoms with E-state index in [-0.39, 0.29) is 5.69 Å². The number of rotatable bonds is 5. The molecule has 0 aliphatic heterocycles. The summed E-state index contributed by atoms with van der Waals surface area (Å²) in [7, 11) is 0. The number of H-pyrrole nitrogens is 1. The van der Waals surface area contributed by atoms with E-state index in [1.54, 1.807) is 18.5 Å². The third-order valence-electron chi connectivity index (χ3n) is 2.78. The van der Waals surface area contributed by atoms with Gasteiger partial charge in [0.25, 0.3) is 11.7 Å². The SMILES string of the molecule is O=[N+]([O-])c1ccc2nc(NCCc3ncc[nH]3)oc2c1. The molecule has 3 rings (SSSR count). The van der Waals surface area contributed by atoms with Crippen LogP contribution in [0, 0.1) is 10.1 Å². The first-order chi connectivity index (χ1) is 9.72. The predicted octanol–water partition coefficient (Wildman–Crippen LogP) is 2.11. The molecule has 0 atom stereocenters. The third-order valence-corrected chi connectivity index (χ3v) is 2.78. The maximum absolute atomic E-state index is 10.7. The largest absolute Gasteiger partial charge is 0.423 e. The van der Waals surface area contributed by atoms with E-state index in [0.29, 0.717) is 30.1 Å². The number of anilines is 1. The second-order valence-electron chi connectivity index (χ2n) is 4.14. The molecule has 0 amide bonds. The Morgan fingerprint density at radius 3 is 3.10 bits per heavy atom. The van der Waals surface area contributed by atoms with Crippen molar-refractivity contribution < 1.29 is 9.34 Å². The molecular formula is C12H11N5O3. The van der Waals surface area contributed by atoms with Crippen LogP contribution in [-0.4, -0.2) is 26.4 Å². The Balaban J connectivity index is 1.70. The zero-order valence-electron chi connectivity index (χ0n) is 10.4. The first kappa shape index (κ1) is 12.2. The number of imidazole rings is 1. The molecule has 8 nitrogen and oxygen atoms in total. The van der Waals surface area contributed by atoms with Crippen molar-refractivity contribution in [3.63, 3.8) is 0 Å². The van der Waals surface area contributed by atoms with Crippen LogP contribution >= 0.6 is 0 Å². The van der Waals surface area contributed by atoms with E-state index in [1.807, 2.05) is 0 Å². The van der Waals surface area contributed by atoms with Crippen molar-refractivity contribution in [3.8, 4) is 0 Å². The van der Waals surface area contributed by atoms with Crippen LogP contribution in [0.1, 0.15) is 5.82 Å².